The van der Waals surface area contributed by atoms with E-state index in [2.05, 4.69) is 0 Å². The normalized spacial score (nSPS) is 19.9. The number of halogens is 1. The molecule has 76 valence electrons. The minimum Gasteiger partial charge on any atom is -0.321 e. The van der Waals surface area contributed by atoms with Crippen LogP contribution in [0.3, 0.4) is 0 Å². The van der Waals surface area contributed by atoms with Crippen LogP contribution < -0.4 is 5.73 Å². The van der Waals surface area contributed by atoms with E-state index >= 15 is 0 Å². The van der Waals surface area contributed by atoms with Crippen molar-refractivity contribution in [1.82, 2.24) is 0 Å². The second-order valence-corrected chi connectivity index (χ2v) is 4.35. The van der Waals surface area contributed by atoms with Crippen molar-refractivity contribution in [3.63, 3.8) is 0 Å². The zero-order valence-corrected chi connectivity index (χ0v) is 8.52. The Balaban J connectivity index is 2.44. The minimum absolute atomic E-state index is 0.153. The van der Waals surface area contributed by atoms with Gasteiger partial charge < -0.3 is 5.73 Å². The summed E-state index contributed by atoms with van der Waals surface area (Å²) in [5.74, 6) is -0.153. The number of aryl methyl sites for hydroxylation is 1. The summed E-state index contributed by atoms with van der Waals surface area (Å²) in [7, 11) is 0. The highest BCUT2D eigenvalue weighted by Gasteiger charge is 2.33. The SMILES string of the molecule is Cc1ccc(F)c(C2(N)CCCC2)c1. The predicted octanol–water partition coefficient (Wildman–Crippen LogP) is 2.86. The lowest BCUT2D eigenvalue weighted by molar-refractivity contribution is 0.433. The maximum absolute atomic E-state index is 13.6. The molecule has 1 nitrogen and oxygen atoms in total. The first-order valence-corrected chi connectivity index (χ1v) is 5.17. The van der Waals surface area contributed by atoms with E-state index in [-0.39, 0.29) is 5.82 Å². The van der Waals surface area contributed by atoms with Crippen molar-refractivity contribution in [2.24, 2.45) is 5.73 Å². The Bertz CT molecular complexity index is 340. The van der Waals surface area contributed by atoms with Crippen LogP contribution in [-0.2, 0) is 5.54 Å². The molecule has 0 atom stereocenters. The molecule has 14 heavy (non-hydrogen) atoms. The molecule has 0 aliphatic heterocycles. The Morgan fingerprint density at radius 1 is 1.29 bits per heavy atom. The van der Waals surface area contributed by atoms with Crippen molar-refractivity contribution in [2.45, 2.75) is 38.1 Å². The van der Waals surface area contributed by atoms with E-state index in [4.69, 9.17) is 5.73 Å². The third kappa shape index (κ3) is 1.55. The molecule has 1 aromatic carbocycles. The molecule has 2 rings (SSSR count). The molecule has 0 spiro atoms. The average molecular weight is 193 g/mol. The quantitative estimate of drug-likeness (QED) is 0.729. The number of nitrogens with two attached hydrogens (primary N) is 1. The highest BCUT2D eigenvalue weighted by molar-refractivity contribution is 5.31. The summed E-state index contributed by atoms with van der Waals surface area (Å²) in [6.07, 6.45) is 4.05. The molecule has 1 aromatic rings. The van der Waals surface area contributed by atoms with Crippen LogP contribution >= 0.6 is 0 Å². The number of hydrogen-bond donors (Lipinski definition) is 1. The number of benzene rings is 1. The summed E-state index contributed by atoms with van der Waals surface area (Å²) in [6.45, 7) is 1.97. The lowest BCUT2D eigenvalue weighted by Crippen LogP contribution is -2.34. The second kappa shape index (κ2) is 3.35. The lowest BCUT2D eigenvalue weighted by atomic mass is 9.88. The summed E-state index contributed by atoms with van der Waals surface area (Å²) in [4.78, 5) is 0. The highest BCUT2D eigenvalue weighted by atomic mass is 19.1. The maximum atomic E-state index is 13.6. The molecule has 1 saturated carbocycles. The molecule has 0 heterocycles. The maximum Gasteiger partial charge on any atom is 0.128 e. The van der Waals surface area contributed by atoms with Crippen molar-refractivity contribution in [2.75, 3.05) is 0 Å². The van der Waals surface area contributed by atoms with Crippen molar-refractivity contribution in [1.29, 1.82) is 0 Å². The van der Waals surface area contributed by atoms with Crippen LogP contribution in [0.2, 0.25) is 0 Å². The van der Waals surface area contributed by atoms with Crippen LogP contribution in [0.15, 0.2) is 18.2 Å². The molecule has 0 aromatic heterocycles. The summed E-state index contributed by atoms with van der Waals surface area (Å²) in [5.41, 5.74) is 7.59. The van der Waals surface area contributed by atoms with Gasteiger partial charge in [-0.05, 0) is 25.8 Å². The largest absolute Gasteiger partial charge is 0.321 e. The van der Waals surface area contributed by atoms with Crippen molar-refractivity contribution < 1.29 is 4.39 Å². The molecule has 1 aliphatic carbocycles. The molecule has 0 amide bonds. The van der Waals surface area contributed by atoms with E-state index in [1.807, 2.05) is 13.0 Å². The van der Waals surface area contributed by atoms with Crippen LogP contribution in [0.4, 0.5) is 4.39 Å². The fourth-order valence-electron chi connectivity index (χ4n) is 2.30. The van der Waals surface area contributed by atoms with E-state index in [9.17, 15) is 4.39 Å². The first-order chi connectivity index (χ1) is 6.62. The molecular formula is C12H16FN. The standard InChI is InChI=1S/C12H16FN/c1-9-4-5-11(13)10(8-9)12(14)6-2-3-7-12/h4-5,8H,2-3,6-7,14H2,1H3. The second-order valence-electron chi connectivity index (χ2n) is 4.35. The lowest BCUT2D eigenvalue weighted by Gasteiger charge is -2.25. The van der Waals surface area contributed by atoms with Gasteiger partial charge in [-0.3, -0.25) is 0 Å². The Morgan fingerprint density at radius 2 is 1.93 bits per heavy atom. The van der Waals surface area contributed by atoms with E-state index in [1.54, 1.807) is 6.07 Å². The van der Waals surface area contributed by atoms with Gasteiger partial charge in [0.05, 0.1) is 0 Å². The summed E-state index contributed by atoms with van der Waals surface area (Å²) < 4.78 is 13.6. The zero-order chi connectivity index (χ0) is 10.2. The van der Waals surface area contributed by atoms with Gasteiger partial charge in [-0.25, -0.2) is 4.39 Å². The van der Waals surface area contributed by atoms with Crippen molar-refractivity contribution in [3.05, 3.63) is 35.1 Å². The van der Waals surface area contributed by atoms with E-state index in [0.29, 0.717) is 5.56 Å². The zero-order valence-electron chi connectivity index (χ0n) is 8.52. The van der Waals surface area contributed by atoms with Crippen molar-refractivity contribution >= 4 is 0 Å². The Kier molecular flexibility index (Phi) is 2.31. The molecular weight excluding hydrogens is 177 g/mol. The van der Waals surface area contributed by atoms with Crippen molar-refractivity contribution in [3.8, 4) is 0 Å². The summed E-state index contributed by atoms with van der Waals surface area (Å²) in [5, 5.41) is 0. The first-order valence-electron chi connectivity index (χ1n) is 5.17. The third-order valence-electron chi connectivity index (χ3n) is 3.15. The predicted molar refractivity (Wildman–Crippen MR) is 55.5 cm³/mol. The Labute approximate surface area is 84.1 Å². The summed E-state index contributed by atoms with van der Waals surface area (Å²) in [6, 6.07) is 5.20. The van der Waals surface area contributed by atoms with Gasteiger partial charge in [0, 0.05) is 11.1 Å². The van der Waals surface area contributed by atoms with Gasteiger partial charge in [-0.2, -0.15) is 0 Å². The highest BCUT2D eigenvalue weighted by Crippen LogP contribution is 2.37. The van der Waals surface area contributed by atoms with Gasteiger partial charge in [0.1, 0.15) is 5.82 Å². The van der Waals surface area contributed by atoms with Crippen LogP contribution in [-0.4, -0.2) is 0 Å². The monoisotopic (exact) mass is 193 g/mol. The number of hydrogen-bond acceptors (Lipinski definition) is 1. The van der Waals surface area contributed by atoms with E-state index in [0.717, 1.165) is 31.2 Å². The molecule has 1 aliphatic rings. The van der Waals surface area contributed by atoms with Gasteiger partial charge in [-0.1, -0.05) is 30.5 Å². The molecule has 0 unspecified atom stereocenters. The Hall–Kier alpha value is -0.890. The summed E-state index contributed by atoms with van der Waals surface area (Å²) >= 11 is 0. The smallest absolute Gasteiger partial charge is 0.128 e. The Morgan fingerprint density at radius 3 is 2.57 bits per heavy atom. The molecule has 2 N–H and O–H groups in total. The van der Waals surface area contributed by atoms with Gasteiger partial charge in [0.25, 0.3) is 0 Å². The van der Waals surface area contributed by atoms with Gasteiger partial charge in [0.2, 0.25) is 0 Å². The van der Waals surface area contributed by atoms with Crippen LogP contribution in [0, 0.1) is 12.7 Å². The number of rotatable bonds is 1. The topological polar surface area (TPSA) is 26.0 Å². The van der Waals surface area contributed by atoms with Crippen LogP contribution in [0.25, 0.3) is 0 Å². The first kappa shape index (κ1) is 9.66. The third-order valence-corrected chi connectivity index (χ3v) is 3.15. The van der Waals surface area contributed by atoms with Gasteiger partial charge in [0.15, 0.2) is 0 Å². The van der Waals surface area contributed by atoms with E-state index < -0.39 is 5.54 Å². The molecule has 1 fully saturated rings. The molecule has 0 radical (unpaired) electrons. The molecule has 0 bridgehead atoms. The van der Waals surface area contributed by atoms with Gasteiger partial charge >= 0.3 is 0 Å². The van der Waals surface area contributed by atoms with E-state index in [1.165, 1.54) is 6.07 Å². The molecule has 0 saturated heterocycles. The fraction of sp³-hybridized carbons (Fsp3) is 0.500. The average Bonchev–Trinajstić information content (AvgIpc) is 2.58. The fourth-order valence-corrected chi connectivity index (χ4v) is 2.30. The van der Waals surface area contributed by atoms with Gasteiger partial charge in [-0.15, -0.1) is 0 Å². The van der Waals surface area contributed by atoms with Crippen LogP contribution in [0.1, 0.15) is 36.8 Å². The van der Waals surface area contributed by atoms with Crippen LogP contribution in [0.5, 0.6) is 0 Å². The minimum atomic E-state index is -0.407. The molecule has 2 heteroatoms.